The van der Waals surface area contributed by atoms with Crippen LogP contribution in [0, 0.1) is 12.7 Å². The number of amides is 1. The van der Waals surface area contributed by atoms with E-state index >= 15 is 0 Å². The van der Waals surface area contributed by atoms with Gasteiger partial charge in [-0.3, -0.25) is 9.69 Å². The highest BCUT2D eigenvalue weighted by atomic mass is 35.5. The zero-order valence-corrected chi connectivity index (χ0v) is 16.9. The number of nitrogens with one attached hydrogen (secondary N) is 1. The number of aryl methyl sites for hydroxylation is 1. The molecule has 0 bridgehead atoms. The van der Waals surface area contributed by atoms with Crippen molar-refractivity contribution in [3.05, 3.63) is 50.7 Å². The van der Waals surface area contributed by atoms with Crippen LogP contribution in [-0.2, 0) is 0 Å². The van der Waals surface area contributed by atoms with Crippen LogP contribution in [0.3, 0.4) is 0 Å². The zero-order valence-electron chi connectivity index (χ0n) is 15.4. The van der Waals surface area contributed by atoms with E-state index in [4.69, 9.17) is 11.6 Å². The van der Waals surface area contributed by atoms with Gasteiger partial charge in [0.15, 0.2) is 5.67 Å². The predicted molar refractivity (Wildman–Crippen MR) is 104 cm³/mol. The molecule has 2 unspecified atom stereocenters. The first-order chi connectivity index (χ1) is 13.3. The van der Waals surface area contributed by atoms with Gasteiger partial charge in [0.05, 0.1) is 27.8 Å². The molecule has 1 aromatic heterocycles. The van der Waals surface area contributed by atoms with Crippen molar-refractivity contribution in [1.82, 2.24) is 15.2 Å². The Morgan fingerprint density at radius 3 is 2.93 bits per heavy atom. The third-order valence-corrected chi connectivity index (χ3v) is 6.32. The summed E-state index contributed by atoms with van der Waals surface area (Å²) in [5.41, 5.74) is 0.317. The minimum atomic E-state index is -1.89. The largest absolute Gasteiger partial charge is 0.350 e. The Labute approximate surface area is 170 Å². The average molecular weight is 432 g/mol. The maximum atomic E-state index is 14.6. The molecular weight excluding hydrogens is 411 g/mol. The number of thiazole rings is 1. The summed E-state index contributed by atoms with van der Waals surface area (Å²) in [6, 6.07) is 3.63. The van der Waals surface area contributed by atoms with Crippen molar-refractivity contribution in [2.24, 2.45) is 0 Å². The van der Waals surface area contributed by atoms with E-state index in [-0.39, 0.29) is 36.1 Å². The Balaban J connectivity index is 1.81. The number of hydrogen-bond donors (Lipinski definition) is 1. The second-order valence-corrected chi connectivity index (χ2v) is 8.28. The smallest absolute Gasteiger partial charge is 0.255 e. The van der Waals surface area contributed by atoms with Gasteiger partial charge >= 0.3 is 0 Å². The highest BCUT2D eigenvalue weighted by molar-refractivity contribution is 7.09. The molecule has 2 heterocycles. The maximum absolute atomic E-state index is 14.6. The Morgan fingerprint density at radius 2 is 2.29 bits per heavy atom. The Hall–Kier alpha value is -1.64. The van der Waals surface area contributed by atoms with E-state index in [2.05, 4.69) is 10.3 Å². The van der Waals surface area contributed by atoms with Gasteiger partial charge in [-0.2, -0.15) is 0 Å². The van der Waals surface area contributed by atoms with Gasteiger partial charge in [0.2, 0.25) is 0 Å². The molecule has 0 radical (unpaired) electrons. The van der Waals surface area contributed by atoms with Crippen LogP contribution in [0.4, 0.5) is 13.2 Å². The maximum Gasteiger partial charge on any atom is 0.255 e. The molecule has 1 fully saturated rings. The van der Waals surface area contributed by atoms with Crippen LogP contribution in [-0.4, -0.2) is 47.8 Å². The fourth-order valence-electron chi connectivity index (χ4n) is 3.51. The monoisotopic (exact) mass is 431 g/mol. The first-order valence-electron chi connectivity index (χ1n) is 8.96. The van der Waals surface area contributed by atoms with E-state index in [1.165, 1.54) is 23.5 Å². The van der Waals surface area contributed by atoms with Crippen molar-refractivity contribution in [1.29, 1.82) is 0 Å². The molecule has 0 saturated carbocycles. The molecule has 0 aliphatic carbocycles. The van der Waals surface area contributed by atoms with Gasteiger partial charge in [-0.05, 0) is 38.4 Å². The number of carbonyl (C=O) groups excluding carboxylic acids is 1. The van der Waals surface area contributed by atoms with E-state index in [1.807, 2.05) is 11.8 Å². The van der Waals surface area contributed by atoms with E-state index in [0.717, 1.165) is 16.6 Å². The molecule has 1 aliphatic rings. The third-order valence-electron chi connectivity index (χ3n) is 4.97. The lowest BCUT2D eigenvalue weighted by molar-refractivity contribution is 0.00569. The summed E-state index contributed by atoms with van der Waals surface area (Å²) in [4.78, 5) is 19.4. The molecule has 2 aromatic rings. The molecule has 1 N–H and O–H groups in total. The van der Waals surface area contributed by atoms with Gasteiger partial charge < -0.3 is 5.32 Å². The molecule has 2 atom stereocenters. The minimum Gasteiger partial charge on any atom is -0.350 e. The number of alkyl halides is 2. The van der Waals surface area contributed by atoms with Crippen molar-refractivity contribution < 1.29 is 18.0 Å². The van der Waals surface area contributed by atoms with Crippen LogP contribution >= 0.6 is 22.9 Å². The number of carbonyl (C=O) groups is 1. The predicted octanol–water partition coefficient (Wildman–Crippen LogP) is 4.49. The molecule has 0 spiro atoms. The number of likely N-dealkylation sites (tertiary alicyclic amines) is 1. The zero-order chi connectivity index (χ0) is 20.3. The number of piperidine rings is 1. The summed E-state index contributed by atoms with van der Waals surface area (Å²) < 4.78 is 41.9. The van der Waals surface area contributed by atoms with E-state index in [9.17, 15) is 18.0 Å². The third kappa shape index (κ3) is 4.50. The lowest BCUT2D eigenvalue weighted by Gasteiger charge is -2.40. The van der Waals surface area contributed by atoms with Gasteiger partial charge in [0, 0.05) is 18.0 Å². The first kappa shape index (κ1) is 21.1. The number of nitrogens with zero attached hydrogens (tertiary/aromatic N) is 2. The Bertz CT molecular complexity index is 829. The van der Waals surface area contributed by atoms with E-state index < -0.39 is 24.1 Å². The average Bonchev–Trinajstić information content (AvgIpc) is 3.08. The summed E-state index contributed by atoms with van der Waals surface area (Å²) in [7, 11) is 0. The number of rotatable bonds is 6. The lowest BCUT2D eigenvalue weighted by Crippen LogP contribution is -2.50. The second kappa shape index (κ2) is 8.80. The van der Waals surface area contributed by atoms with Gasteiger partial charge in [-0.1, -0.05) is 17.7 Å². The molecule has 1 amide bonds. The highest BCUT2D eigenvalue weighted by Gasteiger charge is 2.39. The Kier molecular flexibility index (Phi) is 6.62. The molecule has 1 saturated heterocycles. The van der Waals surface area contributed by atoms with Crippen molar-refractivity contribution in [3.63, 3.8) is 0 Å². The van der Waals surface area contributed by atoms with Crippen molar-refractivity contribution >= 4 is 28.8 Å². The molecule has 152 valence electrons. The minimum absolute atomic E-state index is 0.0150. The van der Waals surface area contributed by atoms with Gasteiger partial charge in [-0.15, -0.1) is 11.3 Å². The topological polar surface area (TPSA) is 45.2 Å². The summed E-state index contributed by atoms with van der Waals surface area (Å²) >= 11 is 7.35. The van der Waals surface area contributed by atoms with Crippen LogP contribution in [0.5, 0.6) is 0 Å². The summed E-state index contributed by atoms with van der Waals surface area (Å²) in [5, 5.41) is 2.71. The van der Waals surface area contributed by atoms with Gasteiger partial charge in [0.25, 0.3) is 5.91 Å². The number of benzene rings is 1. The quantitative estimate of drug-likeness (QED) is 0.733. The molecule has 3 rings (SSSR count). The summed E-state index contributed by atoms with van der Waals surface area (Å²) in [6.07, 6.45) is 0.688. The SMILES string of the molecule is Cc1ncsc1C(CNC(=O)c1c(F)cccc1Cl)N1CCCC(F)(CF)C1. The van der Waals surface area contributed by atoms with Gasteiger partial charge in [-0.25, -0.2) is 18.2 Å². The van der Waals surface area contributed by atoms with Crippen LogP contribution in [0.25, 0.3) is 0 Å². The van der Waals surface area contributed by atoms with Gasteiger partial charge in [0.1, 0.15) is 12.5 Å². The number of hydrogen-bond acceptors (Lipinski definition) is 4. The molecule has 1 aliphatic heterocycles. The van der Waals surface area contributed by atoms with Crippen molar-refractivity contribution in [2.45, 2.75) is 31.5 Å². The molecular formula is C19H21ClF3N3OS. The first-order valence-corrected chi connectivity index (χ1v) is 10.2. The summed E-state index contributed by atoms with van der Waals surface area (Å²) in [6.45, 7) is 1.39. The van der Waals surface area contributed by atoms with E-state index in [1.54, 1.807) is 5.51 Å². The fourth-order valence-corrected chi connectivity index (χ4v) is 4.69. The molecule has 1 aromatic carbocycles. The van der Waals surface area contributed by atoms with Crippen LogP contribution in [0.15, 0.2) is 23.7 Å². The lowest BCUT2D eigenvalue weighted by atomic mass is 9.94. The van der Waals surface area contributed by atoms with Crippen molar-refractivity contribution in [3.8, 4) is 0 Å². The number of aromatic nitrogens is 1. The highest BCUT2D eigenvalue weighted by Crippen LogP contribution is 2.34. The molecule has 4 nitrogen and oxygen atoms in total. The number of halogens is 4. The van der Waals surface area contributed by atoms with Crippen molar-refractivity contribution in [2.75, 3.05) is 26.3 Å². The Morgan fingerprint density at radius 1 is 1.50 bits per heavy atom. The molecule has 9 heteroatoms. The fraction of sp³-hybridized carbons (Fsp3) is 0.474. The van der Waals surface area contributed by atoms with Crippen LogP contribution in [0.1, 0.15) is 39.8 Å². The molecule has 28 heavy (non-hydrogen) atoms. The standard InChI is InChI=1S/C19H21ClF3N3OS/c1-12-17(28-11-25-12)15(26-7-3-6-19(23,9-21)10-26)8-24-18(27)16-13(20)4-2-5-14(16)22/h2,4-5,11,15H,3,6-10H2,1H3,(H,24,27). The van der Waals surface area contributed by atoms with E-state index in [0.29, 0.717) is 13.0 Å². The van der Waals surface area contributed by atoms with Crippen LogP contribution in [0.2, 0.25) is 5.02 Å². The second-order valence-electron chi connectivity index (χ2n) is 6.98. The van der Waals surface area contributed by atoms with Crippen LogP contribution < -0.4 is 5.32 Å². The summed E-state index contributed by atoms with van der Waals surface area (Å²) in [5.74, 6) is -1.36. The normalized spacial score (nSPS) is 21.5.